The molecule has 0 bridgehead atoms. The zero-order chi connectivity index (χ0) is 22.5. The Bertz CT molecular complexity index is 1200. The van der Waals surface area contributed by atoms with Crippen LogP contribution in [0, 0.1) is 11.3 Å². The zero-order valence-corrected chi connectivity index (χ0v) is 19.0. The van der Waals surface area contributed by atoms with Crippen molar-refractivity contribution in [2.45, 2.75) is 32.2 Å². The third kappa shape index (κ3) is 3.27. The Balaban J connectivity index is 1.70. The zero-order valence-electron chi connectivity index (χ0n) is 18.2. The van der Waals surface area contributed by atoms with E-state index in [4.69, 9.17) is 19.3 Å². The highest BCUT2D eigenvalue weighted by molar-refractivity contribution is 7.08. The van der Waals surface area contributed by atoms with Crippen LogP contribution in [0.25, 0.3) is 16.9 Å². The second-order valence-electron chi connectivity index (χ2n) is 8.49. The fourth-order valence-corrected chi connectivity index (χ4v) is 5.02. The number of benzene rings is 1. The van der Waals surface area contributed by atoms with Gasteiger partial charge in [0.15, 0.2) is 6.23 Å². The number of aliphatic hydroxyl groups excluding tert-OH is 1. The van der Waals surface area contributed by atoms with E-state index < -0.39 is 6.23 Å². The number of hydrogen-bond acceptors (Lipinski definition) is 8. The minimum absolute atomic E-state index is 0.263. The average molecular weight is 453 g/mol. The lowest BCUT2D eigenvalue weighted by atomic mass is 9.97. The predicted molar refractivity (Wildman–Crippen MR) is 119 cm³/mol. The molecule has 8 nitrogen and oxygen atoms in total. The predicted octanol–water partition coefficient (Wildman–Crippen LogP) is 3.48. The van der Waals surface area contributed by atoms with Crippen LogP contribution in [0.1, 0.15) is 36.9 Å². The van der Waals surface area contributed by atoms with E-state index in [9.17, 15) is 10.4 Å². The first-order chi connectivity index (χ1) is 15.4. The van der Waals surface area contributed by atoms with Crippen LogP contribution in [0.4, 0.5) is 0 Å². The Hall–Kier alpha value is -2.90. The highest BCUT2D eigenvalue weighted by atomic mass is 32.1. The number of rotatable bonds is 4. The highest BCUT2D eigenvalue weighted by Crippen LogP contribution is 2.45. The lowest BCUT2D eigenvalue weighted by molar-refractivity contribution is -0.133. The van der Waals surface area contributed by atoms with Gasteiger partial charge in [0.1, 0.15) is 29.9 Å². The van der Waals surface area contributed by atoms with Gasteiger partial charge < -0.3 is 19.3 Å². The third-order valence-corrected chi connectivity index (χ3v) is 6.73. The molecule has 0 saturated carbocycles. The molecule has 4 heterocycles. The Morgan fingerprint density at radius 3 is 2.91 bits per heavy atom. The summed E-state index contributed by atoms with van der Waals surface area (Å²) in [5.41, 5.74) is 3.91. The number of fused-ring (bicyclic) bond motifs is 3. The number of methoxy groups -OCH3 is 1. The molecule has 0 amide bonds. The van der Waals surface area contributed by atoms with Gasteiger partial charge in [-0.05, 0) is 31.4 Å². The molecule has 166 valence electrons. The van der Waals surface area contributed by atoms with Crippen molar-refractivity contribution in [3.05, 3.63) is 45.8 Å². The Morgan fingerprint density at radius 1 is 1.38 bits per heavy atom. The van der Waals surface area contributed by atoms with E-state index in [0.717, 1.165) is 22.5 Å². The molecule has 0 radical (unpaired) electrons. The molecular formula is C23H24N4O4S. The molecule has 1 aromatic carbocycles. The second-order valence-corrected chi connectivity index (χ2v) is 9.27. The number of thiophene rings is 1. The summed E-state index contributed by atoms with van der Waals surface area (Å²) in [4.78, 5) is 2.02. The van der Waals surface area contributed by atoms with Crippen LogP contribution in [0.2, 0.25) is 0 Å². The van der Waals surface area contributed by atoms with Crippen molar-refractivity contribution in [2.75, 3.05) is 26.9 Å². The van der Waals surface area contributed by atoms with E-state index in [-0.39, 0.29) is 12.1 Å². The van der Waals surface area contributed by atoms with Gasteiger partial charge in [-0.15, -0.1) is 0 Å². The highest BCUT2D eigenvalue weighted by Gasteiger charge is 2.39. The van der Waals surface area contributed by atoms with E-state index in [0.29, 0.717) is 42.5 Å². The minimum Gasteiger partial charge on any atom is -0.495 e. The summed E-state index contributed by atoms with van der Waals surface area (Å²) in [7, 11) is 1.53. The first-order valence-electron chi connectivity index (χ1n) is 10.4. The molecule has 2 aliphatic heterocycles. The minimum atomic E-state index is -0.915. The average Bonchev–Trinajstić information content (AvgIpc) is 3.45. The Labute approximate surface area is 190 Å². The van der Waals surface area contributed by atoms with Crippen molar-refractivity contribution in [2.24, 2.45) is 0 Å². The van der Waals surface area contributed by atoms with Gasteiger partial charge >= 0.3 is 0 Å². The van der Waals surface area contributed by atoms with Gasteiger partial charge in [-0.2, -0.15) is 21.7 Å². The molecular weight excluding hydrogens is 428 g/mol. The molecule has 1 fully saturated rings. The van der Waals surface area contributed by atoms with E-state index in [1.165, 1.54) is 7.11 Å². The molecule has 9 heteroatoms. The maximum absolute atomic E-state index is 11.4. The monoisotopic (exact) mass is 452 g/mol. The normalized spacial score (nSPS) is 18.2. The molecule has 1 atom stereocenters. The fourth-order valence-electron chi connectivity index (χ4n) is 4.40. The lowest BCUT2D eigenvalue weighted by Crippen LogP contribution is -2.54. The summed E-state index contributed by atoms with van der Waals surface area (Å²) in [6.07, 6.45) is -0.915. The number of nitriles is 1. The van der Waals surface area contributed by atoms with E-state index in [1.54, 1.807) is 23.5 Å². The molecule has 2 aliphatic rings. The number of aliphatic hydroxyl groups is 1. The van der Waals surface area contributed by atoms with Crippen LogP contribution in [0.5, 0.6) is 11.5 Å². The Morgan fingerprint density at radius 2 is 2.22 bits per heavy atom. The topological polar surface area (TPSA) is 92.8 Å². The number of ether oxygens (including phenoxy) is 3. The molecule has 1 N–H and O–H groups in total. The summed E-state index contributed by atoms with van der Waals surface area (Å²) < 4.78 is 18.9. The van der Waals surface area contributed by atoms with Gasteiger partial charge in [0, 0.05) is 34.7 Å². The summed E-state index contributed by atoms with van der Waals surface area (Å²) in [5.74, 6) is 1.09. The first-order valence-corrected chi connectivity index (χ1v) is 11.3. The van der Waals surface area contributed by atoms with Crippen molar-refractivity contribution in [1.82, 2.24) is 14.7 Å². The summed E-state index contributed by atoms with van der Waals surface area (Å²) >= 11 is 1.57. The van der Waals surface area contributed by atoms with Gasteiger partial charge in [0.25, 0.3) is 0 Å². The van der Waals surface area contributed by atoms with E-state index in [1.807, 2.05) is 26.4 Å². The van der Waals surface area contributed by atoms with Crippen molar-refractivity contribution in [3.63, 3.8) is 0 Å². The van der Waals surface area contributed by atoms with Crippen LogP contribution in [-0.2, 0) is 11.3 Å². The summed E-state index contributed by atoms with van der Waals surface area (Å²) in [6, 6.07) is 7.69. The number of morpholine rings is 1. The molecule has 0 spiro atoms. The fraction of sp³-hybridized carbons (Fsp3) is 0.391. The molecule has 5 rings (SSSR count). The maximum atomic E-state index is 11.4. The van der Waals surface area contributed by atoms with Gasteiger partial charge in [-0.1, -0.05) is 0 Å². The molecule has 1 saturated heterocycles. The van der Waals surface area contributed by atoms with Crippen LogP contribution in [0.15, 0.2) is 29.0 Å². The van der Waals surface area contributed by atoms with Crippen molar-refractivity contribution < 1.29 is 19.3 Å². The summed E-state index contributed by atoms with van der Waals surface area (Å²) in [5, 5.41) is 29.9. The third-order valence-electron chi connectivity index (χ3n) is 6.06. The first kappa shape index (κ1) is 21.0. The molecule has 3 aromatic rings. The van der Waals surface area contributed by atoms with Crippen LogP contribution in [0.3, 0.4) is 0 Å². The smallest absolute Gasteiger partial charge is 0.153 e. The van der Waals surface area contributed by atoms with Gasteiger partial charge in [0.2, 0.25) is 0 Å². The molecule has 0 aliphatic carbocycles. The van der Waals surface area contributed by atoms with Crippen molar-refractivity contribution >= 4 is 11.3 Å². The molecule has 2 aromatic heterocycles. The standard InChI is InChI=1S/C23H24N4O4S/c1-23(2)13-30-6-5-26(23)22(28)20-17-11-31-19-9-18(29-3)14(10-24)8-16(19)21(17)27(25-20)15-4-7-32-12-15/h4,7-9,12,22,28H,5-6,11,13H2,1-3H3. The van der Waals surface area contributed by atoms with Gasteiger partial charge in [-0.25, -0.2) is 4.68 Å². The number of nitrogens with zero attached hydrogens (tertiary/aromatic N) is 4. The number of aromatic nitrogens is 2. The largest absolute Gasteiger partial charge is 0.495 e. The van der Waals surface area contributed by atoms with E-state index in [2.05, 4.69) is 19.9 Å². The number of hydrogen-bond donors (Lipinski definition) is 1. The summed E-state index contributed by atoms with van der Waals surface area (Å²) in [6.45, 7) is 6.05. The molecule has 32 heavy (non-hydrogen) atoms. The quantitative estimate of drug-likeness (QED) is 0.648. The van der Waals surface area contributed by atoms with Crippen LogP contribution >= 0.6 is 11.3 Å². The van der Waals surface area contributed by atoms with Crippen LogP contribution < -0.4 is 9.47 Å². The van der Waals surface area contributed by atoms with Crippen LogP contribution in [-0.4, -0.2) is 52.2 Å². The van der Waals surface area contributed by atoms with Gasteiger partial charge in [0.05, 0.1) is 37.3 Å². The van der Waals surface area contributed by atoms with Gasteiger partial charge in [-0.3, -0.25) is 4.90 Å². The second kappa shape index (κ2) is 7.90. The van der Waals surface area contributed by atoms with Crippen molar-refractivity contribution in [3.8, 4) is 34.5 Å². The van der Waals surface area contributed by atoms with E-state index >= 15 is 0 Å². The maximum Gasteiger partial charge on any atom is 0.153 e. The SMILES string of the molecule is COc1cc2c(cc1C#N)-c1c(c(C(O)N3CCOCC3(C)C)nn1-c1ccsc1)CO2. The lowest BCUT2D eigenvalue weighted by Gasteiger charge is -2.44. The Kier molecular flexibility index (Phi) is 5.18. The van der Waals surface area contributed by atoms with Crippen molar-refractivity contribution in [1.29, 1.82) is 5.26 Å². The molecule has 1 unspecified atom stereocenters.